The van der Waals surface area contributed by atoms with Crippen molar-refractivity contribution >= 4 is 5.91 Å². The second kappa shape index (κ2) is 6.50. The molecule has 0 bridgehead atoms. The molecular weight excluding hydrogens is 231 g/mol. The van der Waals surface area contributed by atoms with Gasteiger partial charge in [0.05, 0.1) is 0 Å². The SMILES string of the molecule is CC(C)(CNC(=O)CCCN)c1ccc(F)cc1. The molecule has 0 atom stereocenters. The number of carbonyl (C=O) groups is 1. The third kappa shape index (κ3) is 4.45. The molecule has 1 aromatic rings. The second-order valence-electron chi connectivity index (χ2n) is 5.06. The van der Waals surface area contributed by atoms with Crippen molar-refractivity contribution in [3.63, 3.8) is 0 Å². The van der Waals surface area contributed by atoms with Gasteiger partial charge in [-0.1, -0.05) is 26.0 Å². The second-order valence-corrected chi connectivity index (χ2v) is 5.06. The van der Waals surface area contributed by atoms with E-state index < -0.39 is 0 Å². The summed E-state index contributed by atoms with van der Waals surface area (Å²) in [5.41, 5.74) is 6.14. The van der Waals surface area contributed by atoms with E-state index in [1.807, 2.05) is 13.8 Å². The predicted octanol–water partition coefficient (Wildman–Crippen LogP) is 1.96. The average Bonchev–Trinajstić information content (AvgIpc) is 2.34. The van der Waals surface area contributed by atoms with Crippen LogP contribution in [-0.4, -0.2) is 19.0 Å². The summed E-state index contributed by atoms with van der Waals surface area (Å²) >= 11 is 0. The van der Waals surface area contributed by atoms with Gasteiger partial charge in [0.2, 0.25) is 5.91 Å². The summed E-state index contributed by atoms with van der Waals surface area (Å²) in [6, 6.07) is 6.38. The molecule has 3 nitrogen and oxygen atoms in total. The Morgan fingerprint density at radius 1 is 1.33 bits per heavy atom. The summed E-state index contributed by atoms with van der Waals surface area (Å²) in [6.07, 6.45) is 1.15. The Morgan fingerprint density at radius 3 is 2.50 bits per heavy atom. The molecular formula is C14H21FN2O. The molecule has 0 aliphatic carbocycles. The van der Waals surface area contributed by atoms with Crippen LogP contribution in [0.5, 0.6) is 0 Å². The van der Waals surface area contributed by atoms with Crippen LogP contribution >= 0.6 is 0 Å². The van der Waals surface area contributed by atoms with Crippen LogP contribution in [0.1, 0.15) is 32.3 Å². The van der Waals surface area contributed by atoms with Crippen LogP contribution < -0.4 is 11.1 Å². The van der Waals surface area contributed by atoms with Gasteiger partial charge in [-0.15, -0.1) is 0 Å². The Labute approximate surface area is 108 Å². The van der Waals surface area contributed by atoms with Crippen LogP contribution in [0.2, 0.25) is 0 Å². The minimum atomic E-state index is -0.249. The van der Waals surface area contributed by atoms with Crippen LogP contribution in [0.4, 0.5) is 4.39 Å². The highest BCUT2D eigenvalue weighted by molar-refractivity contribution is 5.75. The summed E-state index contributed by atoms with van der Waals surface area (Å²) in [5.74, 6) is -0.239. The first-order valence-corrected chi connectivity index (χ1v) is 6.18. The fourth-order valence-corrected chi connectivity index (χ4v) is 1.67. The van der Waals surface area contributed by atoms with Crippen LogP contribution in [0, 0.1) is 5.82 Å². The maximum atomic E-state index is 12.8. The molecule has 0 fully saturated rings. The van der Waals surface area contributed by atoms with E-state index in [2.05, 4.69) is 5.32 Å². The van der Waals surface area contributed by atoms with Gasteiger partial charge in [-0.3, -0.25) is 4.79 Å². The molecule has 18 heavy (non-hydrogen) atoms. The van der Waals surface area contributed by atoms with E-state index in [1.54, 1.807) is 12.1 Å². The van der Waals surface area contributed by atoms with Crippen LogP contribution in [-0.2, 0) is 10.2 Å². The van der Waals surface area contributed by atoms with Crippen molar-refractivity contribution in [1.29, 1.82) is 0 Å². The Balaban J connectivity index is 2.54. The van der Waals surface area contributed by atoms with Gasteiger partial charge in [-0.2, -0.15) is 0 Å². The number of nitrogens with two attached hydrogens (primary N) is 1. The minimum absolute atomic E-state index is 0.00985. The maximum absolute atomic E-state index is 12.8. The van der Waals surface area contributed by atoms with Gasteiger partial charge in [0.1, 0.15) is 5.82 Å². The number of hydrogen-bond donors (Lipinski definition) is 2. The molecule has 3 N–H and O–H groups in total. The average molecular weight is 252 g/mol. The topological polar surface area (TPSA) is 55.1 Å². The fourth-order valence-electron chi connectivity index (χ4n) is 1.67. The lowest BCUT2D eigenvalue weighted by Gasteiger charge is -2.25. The largest absolute Gasteiger partial charge is 0.355 e. The number of hydrogen-bond acceptors (Lipinski definition) is 2. The minimum Gasteiger partial charge on any atom is -0.355 e. The monoisotopic (exact) mass is 252 g/mol. The van der Waals surface area contributed by atoms with Crippen LogP contribution in [0.15, 0.2) is 24.3 Å². The van der Waals surface area contributed by atoms with Gasteiger partial charge in [0, 0.05) is 18.4 Å². The van der Waals surface area contributed by atoms with E-state index in [-0.39, 0.29) is 17.1 Å². The lowest BCUT2D eigenvalue weighted by atomic mass is 9.84. The van der Waals surface area contributed by atoms with Crippen molar-refractivity contribution in [1.82, 2.24) is 5.32 Å². The highest BCUT2D eigenvalue weighted by Gasteiger charge is 2.21. The first-order valence-electron chi connectivity index (χ1n) is 6.18. The predicted molar refractivity (Wildman–Crippen MR) is 70.7 cm³/mol. The van der Waals surface area contributed by atoms with E-state index in [4.69, 9.17) is 5.73 Å². The molecule has 0 unspecified atom stereocenters. The number of rotatable bonds is 6. The lowest BCUT2D eigenvalue weighted by Crippen LogP contribution is -2.36. The highest BCUT2D eigenvalue weighted by Crippen LogP contribution is 2.22. The van der Waals surface area contributed by atoms with E-state index in [9.17, 15) is 9.18 Å². The highest BCUT2D eigenvalue weighted by atomic mass is 19.1. The number of halogens is 1. The van der Waals surface area contributed by atoms with Gasteiger partial charge >= 0.3 is 0 Å². The summed E-state index contributed by atoms with van der Waals surface area (Å²) < 4.78 is 12.8. The Kier molecular flexibility index (Phi) is 5.28. The van der Waals surface area contributed by atoms with Crippen LogP contribution in [0.25, 0.3) is 0 Å². The van der Waals surface area contributed by atoms with Crippen molar-refractivity contribution in [2.75, 3.05) is 13.1 Å². The first kappa shape index (κ1) is 14.6. The lowest BCUT2D eigenvalue weighted by molar-refractivity contribution is -0.121. The zero-order valence-electron chi connectivity index (χ0n) is 11.0. The van der Waals surface area contributed by atoms with Gasteiger partial charge < -0.3 is 11.1 Å². The quantitative estimate of drug-likeness (QED) is 0.813. The normalized spacial score (nSPS) is 11.3. The van der Waals surface area contributed by atoms with E-state index in [0.29, 0.717) is 25.9 Å². The molecule has 1 amide bonds. The molecule has 1 aromatic carbocycles. The van der Waals surface area contributed by atoms with Gasteiger partial charge in [0.25, 0.3) is 0 Å². The smallest absolute Gasteiger partial charge is 0.220 e. The molecule has 0 spiro atoms. The Bertz CT molecular complexity index is 387. The molecule has 4 heteroatoms. The third-order valence-electron chi connectivity index (χ3n) is 2.96. The number of nitrogens with one attached hydrogen (secondary N) is 1. The van der Waals surface area contributed by atoms with Crippen molar-refractivity contribution < 1.29 is 9.18 Å². The van der Waals surface area contributed by atoms with Crippen LogP contribution in [0.3, 0.4) is 0 Å². The van der Waals surface area contributed by atoms with Crippen molar-refractivity contribution in [2.24, 2.45) is 5.73 Å². The molecule has 0 heterocycles. The van der Waals surface area contributed by atoms with Gasteiger partial charge in [-0.05, 0) is 30.7 Å². The standard InChI is InChI=1S/C14H21FN2O/c1-14(2,10-17-13(18)4-3-9-16)11-5-7-12(15)8-6-11/h5-8H,3-4,9-10,16H2,1-2H3,(H,17,18). The number of benzene rings is 1. The zero-order valence-corrected chi connectivity index (χ0v) is 11.0. The molecule has 0 radical (unpaired) electrons. The van der Waals surface area contributed by atoms with E-state index >= 15 is 0 Å². The Morgan fingerprint density at radius 2 is 1.94 bits per heavy atom. The zero-order chi connectivity index (χ0) is 13.6. The summed E-state index contributed by atoms with van der Waals surface area (Å²) in [7, 11) is 0. The summed E-state index contributed by atoms with van der Waals surface area (Å²) in [6.45, 7) is 5.09. The maximum Gasteiger partial charge on any atom is 0.220 e. The van der Waals surface area contributed by atoms with Gasteiger partial charge in [-0.25, -0.2) is 4.39 Å². The summed E-state index contributed by atoms with van der Waals surface area (Å²) in [4.78, 5) is 11.5. The Hall–Kier alpha value is -1.42. The van der Waals surface area contributed by atoms with E-state index in [1.165, 1.54) is 12.1 Å². The van der Waals surface area contributed by atoms with Crippen molar-refractivity contribution in [3.8, 4) is 0 Å². The number of carbonyl (C=O) groups excluding carboxylic acids is 1. The fraction of sp³-hybridized carbons (Fsp3) is 0.500. The van der Waals surface area contributed by atoms with Crippen molar-refractivity contribution in [2.45, 2.75) is 32.1 Å². The molecule has 0 aliphatic heterocycles. The van der Waals surface area contributed by atoms with E-state index in [0.717, 1.165) is 5.56 Å². The third-order valence-corrected chi connectivity index (χ3v) is 2.96. The molecule has 100 valence electrons. The van der Waals surface area contributed by atoms with Gasteiger partial charge in [0.15, 0.2) is 0 Å². The molecule has 0 aliphatic rings. The molecule has 0 aromatic heterocycles. The van der Waals surface area contributed by atoms with Crippen molar-refractivity contribution in [3.05, 3.63) is 35.6 Å². The number of amides is 1. The molecule has 1 rings (SSSR count). The molecule has 0 saturated heterocycles. The molecule has 0 saturated carbocycles. The summed E-state index contributed by atoms with van der Waals surface area (Å²) in [5, 5.41) is 2.88. The first-order chi connectivity index (χ1) is 8.45.